The van der Waals surface area contributed by atoms with Gasteiger partial charge in [-0.3, -0.25) is 4.79 Å². The maximum Gasteiger partial charge on any atom is 0.244 e. The van der Waals surface area contributed by atoms with Gasteiger partial charge in [-0.25, -0.2) is 0 Å². The number of ether oxygens (including phenoxy) is 3. The highest BCUT2D eigenvalue weighted by atomic mass is 16.5. The smallest absolute Gasteiger partial charge is 0.244 e. The standard InChI is InChI=1S/C22H24N2O4/c1-26-19-14-16(15-20(27-2)22(19)28-3)8-9-21(25)23-11-13-24-12-10-17-6-4-5-7-18(17)24/h4-10,12,14-15H,11,13H2,1-3H3,(H,23,25)/b9-8+. The summed E-state index contributed by atoms with van der Waals surface area (Å²) in [4.78, 5) is 12.1. The van der Waals surface area contributed by atoms with Crippen molar-refractivity contribution in [2.24, 2.45) is 0 Å². The summed E-state index contributed by atoms with van der Waals surface area (Å²) in [6.45, 7) is 1.24. The quantitative estimate of drug-likeness (QED) is 0.608. The Labute approximate surface area is 164 Å². The van der Waals surface area contributed by atoms with Crippen LogP contribution in [0.1, 0.15) is 5.56 Å². The van der Waals surface area contributed by atoms with Gasteiger partial charge < -0.3 is 24.1 Å². The first kappa shape index (κ1) is 19.4. The lowest BCUT2D eigenvalue weighted by molar-refractivity contribution is -0.116. The van der Waals surface area contributed by atoms with Gasteiger partial charge in [-0.05, 0) is 41.3 Å². The summed E-state index contributed by atoms with van der Waals surface area (Å²) < 4.78 is 18.1. The fourth-order valence-corrected chi connectivity index (χ4v) is 3.06. The summed E-state index contributed by atoms with van der Waals surface area (Å²) >= 11 is 0. The minimum atomic E-state index is -0.162. The molecule has 1 amide bonds. The van der Waals surface area contributed by atoms with Crippen molar-refractivity contribution in [3.05, 3.63) is 60.3 Å². The van der Waals surface area contributed by atoms with Gasteiger partial charge in [0.1, 0.15) is 0 Å². The number of benzene rings is 2. The van der Waals surface area contributed by atoms with Gasteiger partial charge in [0.2, 0.25) is 11.7 Å². The van der Waals surface area contributed by atoms with E-state index in [9.17, 15) is 4.79 Å². The number of para-hydroxylation sites is 1. The molecule has 0 spiro atoms. The summed E-state index contributed by atoms with van der Waals surface area (Å²) in [5.74, 6) is 1.44. The van der Waals surface area contributed by atoms with Crippen LogP contribution in [0.4, 0.5) is 0 Å². The Kier molecular flexibility index (Phi) is 6.22. The number of nitrogens with zero attached hydrogens (tertiary/aromatic N) is 1. The van der Waals surface area contributed by atoms with Gasteiger partial charge in [0.05, 0.1) is 21.3 Å². The summed E-state index contributed by atoms with van der Waals surface area (Å²) in [6, 6.07) is 13.8. The minimum absolute atomic E-state index is 0.162. The maximum absolute atomic E-state index is 12.1. The zero-order valence-electron chi connectivity index (χ0n) is 16.3. The van der Waals surface area contributed by atoms with Crippen molar-refractivity contribution in [3.8, 4) is 17.2 Å². The molecule has 3 rings (SSSR count). The monoisotopic (exact) mass is 380 g/mol. The van der Waals surface area contributed by atoms with Crippen LogP contribution in [0.15, 0.2) is 54.7 Å². The highest BCUT2D eigenvalue weighted by Gasteiger charge is 2.12. The number of carbonyl (C=O) groups excluding carboxylic acids is 1. The molecule has 6 heteroatoms. The van der Waals surface area contributed by atoms with Crippen molar-refractivity contribution in [1.82, 2.24) is 9.88 Å². The van der Waals surface area contributed by atoms with Crippen molar-refractivity contribution in [1.29, 1.82) is 0 Å². The molecule has 28 heavy (non-hydrogen) atoms. The van der Waals surface area contributed by atoms with Crippen LogP contribution in [-0.4, -0.2) is 38.3 Å². The molecule has 1 N–H and O–H groups in total. The number of amides is 1. The van der Waals surface area contributed by atoms with Crippen LogP contribution in [0.5, 0.6) is 17.2 Å². The van der Waals surface area contributed by atoms with Crippen LogP contribution in [0, 0.1) is 0 Å². The third-order valence-electron chi connectivity index (χ3n) is 4.45. The summed E-state index contributed by atoms with van der Waals surface area (Å²) in [6.07, 6.45) is 5.24. The Morgan fingerprint density at radius 3 is 2.43 bits per heavy atom. The van der Waals surface area contributed by atoms with E-state index >= 15 is 0 Å². The van der Waals surface area contributed by atoms with Crippen LogP contribution in [-0.2, 0) is 11.3 Å². The van der Waals surface area contributed by atoms with Crippen LogP contribution in [0.3, 0.4) is 0 Å². The van der Waals surface area contributed by atoms with E-state index < -0.39 is 0 Å². The molecule has 0 aliphatic rings. The molecule has 0 atom stereocenters. The van der Waals surface area contributed by atoms with Crippen LogP contribution < -0.4 is 19.5 Å². The van der Waals surface area contributed by atoms with Gasteiger partial charge >= 0.3 is 0 Å². The van der Waals surface area contributed by atoms with E-state index in [1.165, 1.54) is 11.5 Å². The maximum atomic E-state index is 12.1. The fraction of sp³-hybridized carbons (Fsp3) is 0.227. The molecule has 0 unspecified atom stereocenters. The van der Waals surface area contributed by atoms with Crippen molar-refractivity contribution in [3.63, 3.8) is 0 Å². The molecule has 6 nitrogen and oxygen atoms in total. The third-order valence-corrected chi connectivity index (χ3v) is 4.45. The first-order valence-electron chi connectivity index (χ1n) is 8.96. The molecule has 0 bridgehead atoms. The van der Waals surface area contributed by atoms with E-state index in [2.05, 4.69) is 28.1 Å². The SMILES string of the molecule is COc1cc(/C=C/C(=O)NCCn2ccc3ccccc32)cc(OC)c1OC. The van der Waals surface area contributed by atoms with Crippen molar-refractivity contribution < 1.29 is 19.0 Å². The second-order valence-electron chi connectivity index (χ2n) is 6.15. The topological polar surface area (TPSA) is 61.7 Å². The lowest BCUT2D eigenvalue weighted by atomic mass is 10.1. The lowest BCUT2D eigenvalue weighted by Gasteiger charge is -2.12. The van der Waals surface area contributed by atoms with E-state index in [1.54, 1.807) is 39.5 Å². The molecule has 2 aromatic carbocycles. The predicted molar refractivity (Wildman–Crippen MR) is 110 cm³/mol. The molecule has 1 aromatic heterocycles. The summed E-state index contributed by atoms with van der Waals surface area (Å²) in [5, 5.41) is 4.09. The van der Waals surface area contributed by atoms with Gasteiger partial charge in [-0.15, -0.1) is 0 Å². The molecular formula is C22H24N2O4. The Balaban J connectivity index is 1.61. The van der Waals surface area contributed by atoms with Crippen molar-refractivity contribution >= 4 is 22.9 Å². The average molecular weight is 380 g/mol. The van der Waals surface area contributed by atoms with Crippen LogP contribution in [0.2, 0.25) is 0 Å². The van der Waals surface area contributed by atoms with E-state index in [1.807, 2.05) is 18.3 Å². The van der Waals surface area contributed by atoms with Crippen molar-refractivity contribution in [2.45, 2.75) is 6.54 Å². The van der Waals surface area contributed by atoms with Crippen LogP contribution in [0.25, 0.3) is 17.0 Å². The molecule has 0 radical (unpaired) electrons. The van der Waals surface area contributed by atoms with Crippen LogP contribution >= 0.6 is 0 Å². The van der Waals surface area contributed by atoms with Crippen molar-refractivity contribution in [2.75, 3.05) is 27.9 Å². The number of fused-ring (bicyclic) bond motifs is 1. The first-order valence-corrected chi connectivity index (χ1v) is 8.96. The van der Waals surface area contributed by atoms with Gasteiger partial charge in [-0.2, -0.15) is 0 Å². The van der Waals surface area contributed by atoms with Gasteiger partial charge in [0.25, 0.3) is 0 Å². The molecule has 1 heterocycles. The third kappa shape index (κ3) is 4.28. The Morgan fingerprint density at radius 2 is 1.75 bits per heavy atom. The highest BCUT2D eigenvalue weighted by Crippen LogP contribution is 2.38. The first-order chi connectivity index (χ1) is 13.7. The number of hydrogen-bond acceptors (Lipinski definition) is 4. The van der Waals surface area contributed by atoms with Gasteiger partial charge in [0.15, 0.2) is 11.5 Å². The predicted octanol–water partition coefficient (Wildman–Crippen LogP) is 3.50. The summed E-state index contributed by atoms with van der Waals surface area (Å²) in [5.41, 5.74) is 1.94. The second-order valence-corrected chi connectivity index (χ2v) is 6.15. The van der Waals surface area contributed by atoms with Gasteiger partial charge in [-0.1, -0.05) is 18.2 Å². The fourth-order valence-electron chi connectivity index (χ4n) is 3.06. The van der Waals surface area contributed by atoms with E-state index in [0.717, 1.165) is 11.1 Å². The second kappa shape index (κ2) is 8.99. The zero-order valence-corrected chi connectivity index (χ0v) is 16.3. The Hall–Kier alpha value is -3.41. The number of methoxy groups -OCH3 is 3. The van der Waals surface area contributed by atoms with E-state index in [-0.39, 0.29) is 5.91 Å². The average Bonchev–Trinajstić information content (AvgIpc) is 3.14. The molecule has 3 aromatic rings. The molecular weight excluding hydrogens is 356 g/mol. The van der Waals surface area contributed by atoms with Gasteiger partial charge in [0, 0.05) is 30.9 Å². The number of aromatic nitrogens is 1. The molecule has 0 fully saturated rings. The number of nitrogens with one attached hydrogen (secondary N) is 1. The largest absolute Gasteiger partial charge is 0.493 e. The number of rotatable bonds is 8. The summed E-state index contributed by atoms with van der Waals surface area (Å²) in [7, 11) is 4.67. The normalized spacial score (nSPS) is 11.0. The Bertz CT molecular complexity index is 966. The zero-order chi connectivity index (χ0) is 19.9. The number of carbonyl (C=O) groups is 1. The molecule has 146 valence electrons. The van der Waals surface area contributed by atoms with E-state index in [0.29, 0.717) is 30.3 Å². The molecule has 0 saturated carbocycles. The molecule has 0 saturated heterocycles. The molecule has 0 aliphatic carbocycles. The molecule has 0 aliphatic heterocycles. The van der Waals surface area contributed by atoms with E-state index in [4.69, 9.17) is 14.2 Å². The number of hydrogen-bond donors (Lipinski definition) is 1. The minimum Gasteiger partial charge on any atom is -0.493 e. The highest BCUT2D eigenvalue weighted by molar-refractivity contribution is 5.92. The lowest BCUT2D eigenvalue weighted by Crippen LogP contribution is -2.25. The Morgan fingerprint density at radius 1 is 1.04 bits per heavy atom.